The first kappa shape index (κ1) is 15.3. The average molecular weight is 347 g/mol. The van der Waals surface area contributed by atoms with Crippen LogP contribution in [0.3, 0.4) is 0 Å². The van der Waals surface area contributed by atoms with Gasteiger partial charge in [-0.2, -0.15) is 0 Å². The summed E-state index contributed by atoms with van der Waals surface area (Å²) >= 11 is 14.0. The standard InChI is InChI=1S/C17H12Cl2N2S/c1-22-16-12(8-5-9-13(16)18)17-20-14(10-15(19)21-17)11-6-3-2-4-7-11/h2-10H,1H3. The molecule has 0 bridgehead atoms. The van der Waals surface area contributed by atoms with Gasteiger partial charge in [-0.3, -0.25) is 0 Å². The lowest BCUT2D eigenvalue weighted by Crippen LogP contribution is -1.94. The molecule has 22 heavy (non-hydrogen) atoms. The first-order valence-electron chi connectivity index (χ1n) is 6.62. The van der Waals surface area contributed by atoms with Gasteiger partial charge in [0.1, 0.15) is 5.15 Å². The second-order valence-electron chi connectivity index (χ2n) is 4.59. The summed E-state index contributed by atoms with van der Waals surface area (Å²) in [4.78, 5) is 9.97. The van der Waals surface area contributed by atoms with Gasteiger partial charge in [0.15, 0.2) is 5.82 Å². The number of halogens is 2. The average Bonchev–Trinajstić information content (AvgIpc) is 2.55. The third-order valence-electron chi connectivity index (χ3n) is 3.18. The van der Waals surface area contributed by atoms with Crippen molar-refractivity contribution in [2.75, 3.05) is 6.26 Å². The fraction of sp³-hybridized carbons (Fsp3) is 0.0588. The van der Waals surface area contributed by atoms with E-state index < -0.39 is 0 Å². The third kappa shape index (κ3) is 3.12. The minimum atomic E-state index is 0.413. The molecular weight excluding hydrogens is 335 g/mol. The van der Waals surface area contributed by atoms with Gasteiger partial charge < -0.3 is 0 Å². The first-order chi connectivity index (χ1) is 10.7. The number of nitrogens with zero attached hydrogens (tertiary/aromatic N) is 2. The zero-order valence-electron chi connectivity index (χ0n) is 11.8. The van der Waals surface area contributed by atoms with Crippen LogP contribution in [0.5, 0.6) is 0 Å². The number of aromatic nitrogens is 2. The van der Waals surface area contributed by atoms with Crippen molar-refractivity contribution < 1.29 is 0 Å². The lowest BCUT2D eigenvalue weighted by Gasteiger charge is -2.10. The van der Waals surface area contributed by atoms with Crippen molar-refractivity contribution in [1.29, 1.82) is 0 Å². The molecule has 2 nitrogen and oxygen atoms in total. The zero-order chi connectivity index (χ0) is 15.5. The maximum absolute atomic E-state index is 6.27. The lowest BCUT2D eigenvalue weighted by atomic mass is 10.1. The molecule has 3 aromatic rings. The summed E-state index contributed by atoms with van der Waals surface area (Å²) in [6, 6.07) is 17.4. The minimum Gasteiger partial charge on any atom is -0.228 e. The Kier molecular flexibility index (Phi) is 4.67. The van der Waals surface area contributed by atoms with Crippen molar-refractivity contribution in [3.63, 3.8) is 0 Å². The van der Waals surface area contributed by atoms with Crippen molar-refractivity contribution in [3.05, 3.63) is 64.8 Å². The highest BCUT2D eigenvalue weighted by Gasteiger charge is 2.13. The molecule has 0 spiro atoms. The Morgan fingerprint density at radius 2 is 1.68 bits per heavy atom. The quantitative estimate of drug-likeness (QED) is 0.440. The second-order valence-corrected chi connectivity index (χ2v) is 6.20. The molecule has 3 rings (SSSR count). The topological polar surface area (TPSA) is 25.8 Å². The molecule has 0 atom stereocenters. The molecule has 0 saturated heterocycles. The molecular formula is C17H12Cl2N2S. The number of rotatable bonds is 3. The summed E-state index contributed by atoms with van der Waals surface area (Å²) in [5.74, 6) is 0.582. The van der Waals surface area contributed by atoms with Gasteiger partial charge in [0.25, 0.3) is 0 Å². The minimum absolute atomic E-state index is 0.413. The first-order valence-corrected chi connectivity index (χ1v) is 8.60. The van der Waals surface area contributed by atoms with Crippen LogP contribution in [0.2, 0.25) is 10.2 Å². The van der Waals surface area contributed by atoms with Crippen LogP contribution < -0.4 is 0 Å². The van der Waals surface area contributed by atoms with Crippen LogP contribution in [0.1, 0.15) is 0 Å². The molecule has 2 aromatic carbocycles. The van der Waals surface area contributed by atoms with Gasteiger partial charge in [-0.05, 0) is 18.4 Å². The van der Waals surface area contributed by atoms with Crippen LogP contribution in [0.15, 0.2) is 59.5 Å². The Morgan fingerprint density at radius 1 is 0.909 bits per heavy atom. The Balaban J connectivity index is 2.17. The van der Waals surface area contributed by atoms with Crippen LogP contribution in [-0.4, -0.2) is 16.2 Å². The van der Waals surface area contributed by atoms with Crippen molar-refractivity contribution >= 4 is 35.0 Å². The van der Waals surface area contributed by atoms with Crippen LogP contribution in [0, 0.1) is 0 Å². The van der Waals surface area contributed by atoms with Gasteiger partial charge in [0, 0.05) is 22.1 Å². The number of thioether (sulfide) groups is 1. The number of hydrogen-bond acceptors (Lipinski definition) is 3. The smallest absolute Gasteiger partial charge is 0.162 e. The Bertz CT molecular complexity index is 807. The summed E-state index contributed by atoms with van der Waals surface area (Å²) in [7, 11) is 0. The van der Waals surface area contributed by atoms with Gasteiger partial charge in [-0.1, -0.05) is 59.6 Å². The van der Waals surface area contributed by atoms with Crippen LogP contribution in [0.4, 0.5) is 0 Å². The summed E-state index contributed by atoms with van der Waals surface area (Å²) in [5.41, 5.74) is 2.68. The lowest BCUT2D eigenvalue weighted by molar-refractivity contribution is 1.16. The third-order valence-corrected chi connectivity index (χ3v) is 4.65. The fourth-order valence-corrected chi connectivity index (χ4v) is 3.42. The summed E-state index contributed by atoms with van der Waals surface area (Å²) in [6.45, 7) is 0. The molecule has 0 aliphatic heterocycles. The maximum Gasteiger partial charge on any atom is 0.162 e. The van der Waals surface area contributed by atoms with Crippen LogP contribution in [-0.2, 0) is 0 Å². The highest BCUT2D eigenvalue weighted by atomic mass is 35.5. The molecule has 0 radical (unpaired) electrons. The molecule has 1 heterocycles. The second kappa shape index (κ2) is 6.69. The van der Waals surface area contributed by atoms with E-state index in [0.717, 1.165) is 21.7 Å². The zero-order valence-corrected chi connectivity index (χ0v) is 14.1. The fourth-order valence-electron chi connectivity index (χ4n) is 2.19. The van der Waals surface area contributed by atoms with E-state index in [1.54, 1.807) is 17.8 Å². The molecule has 0 fully saturated rings. The molecule has 0 aliphatic carbocycles. The van der Waals surface area contributed by atoms with Gasteiger partial charge in [-0.15, -0.1) is 11.8 Å². The van der Waals surface area contributed by atoms with Crippen molar-refractivity contribution in [2.45, 2.75) is 4.90 Å². The molecule has 0 unspecified atom stereocenters. The van der Waals surface area contributed by atoms with E-state index in [9.17, 15) is 0 Å². The SMILES string of the molecule is CSc1c(Cl)cccc1-c1nc(Cl)cc(-c2ccccc2)n1. The van der Waals surface area contributed by atoms with Gasteiger partial charge in [0.2, 0.25) is 0 Å². The van der Waals surface area contributed by atoms with Crippen LogP contribution >= 0.6 is 35.0 Å². The van der Waals surface area contributed by atoms with E-state index in [4.69, 9.17) is 23.2 Å². The van der Waals surface area contributed by atoms with Gasteiger partial charge in [0.05, 0.1) is 10.7 Å². The Morgan fingerprint density at radius 3 is 2.41 bits per heavy atom. The van der Waals surface area contributed by atoms with Gasteiger partial charge >= 0.3 is 0 Å². The highest BCUT2D eigenvalue weighted by molar-refractivity contribution is 7.98. The van der Waals surface area contributed by atoms with E-state index in [0.29, 0.717) is 16.0 Å². The van der Waals surface area contributed by atoms with E-state index in [1.807, 2.05) is 54.8 Å². The molecule has 0 amide bonds. The molecule has 0 saturated carbocycles. The number of hydrogen-bond donors (Lipinski definition) is 0. The monoisotopic (exact) mass is 346 g/mol. The summed E-state index contributed by atoms with van der Waals surface area (Å²) in [6.07, 6.45) is 1.98. The normalized spacial score (nSPS) is 10.7. The molecule has 5 heteroatoms. The molecule has 1 aromatic heterocycles. The summed E-state index contributed by atoms with van der Waals surface area (Å²) < 4.78 is 0. The van der Waals surface area contributed by atoms with Crippen LogP contribution in [0.25, 0.3) is 22.6 Å². The highest BCUT2D eigenvalue weighted by Crippen LogP contribution is 2.35. The maximum atomic E-state index is 6.27. The Hall–Kier alpha value is -1.55. The largest absolute Gasteiger partial charge is 0.228 e. The number of benzene rings is 2. The predicted molar refractivity (Wildman–Crippen MR) is 94.7 cm³/mol. The predicted octanol–water partition coefficient (Wildman–Crippen LogP) is 5.84. The molecule has 110 valence electrons. The summed E-state index contributed by atoms with van der Waals surface area (Å²) in [5, 5.41) is 1.10. The molecule has 0 N–H and O–H groups in total. The Labute approximate surface area is 143 Å². The van der Waals surface area contributed by atoms with Crippen molar-refractivity contribution in [1.82, 2.24) is 9.97 Å². The van der Waals surface area contributed by atoms with Crippen molar-refractivity contribution in [2.24, 2.45) is 0 Å². The van der Waals surface area contributed by atoms with Gasteiger partial charge in [-0.25, -0.2) is 9.97 Å². The molecule has 0 aliphatic rings. The van der Waals surface area contributed by atoms with E-state index in [2.05, 4.69) is 9.97 Å². The van der Waals surface area contributed by atoms with E-state index in [1.165, 1.54) is 0 Å². The van der Waals surface area contributed by atoms with E-state index >= 15 is 0 Å². The van der Waals surface area contributed by atoms with Crippen molar-refractivity contribution in [3.8, 4) is 22.6 Å². The van der Waals surface area contributed by atoms with E-state index in [-0.39, 0.29) is 0 Å².